The van der Waals surface area contributed by atoms with Crippen LogP contribution in [0.2, 0.25) is 5.28 Å². The number of aromatic nitrogens is 2. The first-order valence-corrected chi connectivity index (χ1v) is 6.46. The fraction of sp³-hybridized carbons (Fsp3) is 0.167. The van der Waals surface area contributed by atoms with Gasteiger partial charge in [-0.15, -0.1) is 0 Å². The molecule has 0 N–H and O–H groups in total. The van der Waals surface area contributed by atoms with Gasteiger partial charge in [0.15, 0.2) is 5.82 Å². The van der Waals surface area contributed by atoms with Crippen LogP contribution in [-0.2, 0) is 6.42 Å². The van der Waals surface area contributed by atoms with Crippen LogP contribution in [0.1, 0.15) is 5.56 Å². The van der Waals surface area contributed by atoms with E-state index in [0.717, 1.165) is 23.3 Å². The van der Waals surface area contributed by atoms with Crippen LogP contribution in [0.25, 0.3) is 0 Å². The molecule has 0 amide bonds. The lowest BCUT2D eigenvalue weighted by Gasteiger charge is -2.19. The summed E-state index contributed by atoms with van der Waals surface area (Å²) in [6.07, 6.45) is 2.72. The van der Waals surface area contributed by atoms with Crippen molar-refractivity contribution in [3.63, 3.8) is 0 Å². The summed E-state index contributed by atoms with van der Waals surface area (Å²) in [5.41, 5.74) is 2.54. The highest BCUT2D eigenvalue weighted by molar-refractivity contribution is 9.10. The highest BCUT2D eigenvalue weighted by Crippen LogP contribution is 2.36. The van der Waals surface area contributed by atoms with Gasteiger partial charge in [0.05, 0.1) is 4.47 Å². The van der Waals surface area contributed by atoms with Gasteiger partial charge in [0.25, 0.3) is 0 Å². The molecule has 3 rings (SSSR count). The van der Waals surface area contributed by atoms with Crippen molar-refractivity contribution in [3.8, 4) is 0 Å². The van der Waals surface area contributed by atoms with Crippen LogP contribution in [0.15, 0.2) is 34.9 Å². The molecule has 0 unspecified atom stereocenters. The number of fused-ring (bicyclic) bond motifs is 1. The Morgan fingerprint density at radius 1 is 1.29 bits per heavy atom. The van der Waals surface area contributed by atoms with Gasteiger partial charge in [0.2, 0.25) is 5.28 Å². The van der Waals surface area contributed by atoms with Crippen molar-refractivity contribution < 1.29 is 0 Å². The second kappa shape index (κ2) is 4.27. The molecule has 0 saturated heterocycles. The van der Waals surface area contributed by atoms with Crippen molar-refractivity contribution in [1.82, 2.24) is 9.97 Å². The summed E-state index contributed by atoms with van der Waals surface area (Å²) in [6, 6.07) is 8.34. The first kappa shape index (κ1) is 11.0. The van der Waals surface area contributed by atoms with Gasteiger partial charge in [-0.25, -0.2) is 4.98 Å². The van der Waals surface area contributed by atoms with E-state index < -0.39 is 0 Å². The number of anilines is 2. The maximum atomic E-state index is 5.85. The Bertz CT molecular complexity index is 573. The Balaban J connectivity index is 2.10. The molecule has 1 aliphatic rings. The molecule has 5 heteroatoms. The van der Waals surface area contributed by atoms with E-state index in [-0.39, 0.29) is 5.28 Å². The molecule has 0 saturated carbocycles. The van der Waals surface area contributed by atoms with Crippen molar-refractivity contribution in [1.29, 1.82) is 0 Å². The van der Waals surface area contributed by atoms with Crippen molar-refractivity contribution in [2.45, 2.75) is 6.42 Å². The second-order valence-corrected chi connectivity index (χ2v) is 5.03. The Labute approximate surface area is 113 Å². The van der Waals surface area contributed by atoms with Crippen LogP contribution in [0.5, 0.6) is 0 Å². The van der Waals surface area contributed by atoms with E-state index >= 15 is 0 Å². The largest absolute Gasteiger partial charge is 0.325 e. The number of benzene rings is 1. The quantitative estimate of drug-likeness (QED) is 0.754. The Morgan fingerprint density at radius 3 is 3.00 bits per heavy atom. The van der Waals surface area contributed by atoms with Gasteiger partial charge < -0.3 is 4.90 Å². The zero-order valence-electron chi connectivity index (χ0n) is 8.90. The minimum atomic E-state index is 0.271. The lowest BCUT2D eigenvalue weighted by Crippen LogP contribution is -2.15. The summed E-state index contributed by atoms with van der Waals surface area (Å²) in [7, 11) is 0. The van der Waals surface area contributed by atoms with Crippen LogP contribution in [0, 0.1) is 0 Å². The Hall–Kier alpha value is -1.13. The Kier molecular flexibility index (Phi) is 2.76. The zero-order chi connectivity index (χ0) is 11.8. The topological polar surface area (TPSA) is 29.0 Å². The van der Waals surface area contributed by atoms with Gasteiger partial charge in [0, 0.05) is 18.4 Å². The van der Waals surface area contributed by atoms with Gasteiger partial charge in [-0.1, -0.05) is 18.2 Å². The molecule has 0 radical (unpaired) electrons. The van der Waals surface area contributed by atoms with E-state index in [2.05, 4.69) is 49.0 Å². The molecule has 0 spiro atoms. The molecular weight excluding hydrogens is 302 g/mol. The molecular formula is C12H9BrClN3. The molecule has 1 aromatic carbocycles. The van der Waals surface area contributed by atoms with E-state index in [0.29, 0.717) is 0 Å². The molecule has 0 aliphatic carbocycles. The summed E-state index contributed by atoms with van der Waals surface area (Å²) in [6.45, 7) is 0.922. The summed E-state index contributed by atoms with van der Waals surface area (Å²) in [5.74, 6) is 0.829. The highest BCUT2D eigenvalue weighted by Gasteiger charge is 2.22. The van der Waals surface area contributed by atoms with E-state index in [9.17, 15) is 0 Å². The van der Waals surface area contributed by atoms with Gasteiger partial charge in [0.1, 0.15) is 0 Å². The summed E-state index contributed by atoms with van der Waals surface area (Å²) >= 11 is 9.32. The minimum absolute atomic E-state index is 0.271. The molecule has 0 fully saturated rings. The molecule has 2 heterocycles. The fourth-order valence-electron chi connectivity index (χ4n) is 2.08. The third-order valence-corrected chi connectivity index (χ3v) is 3.58. The fourth-order valence-corrected chi connectivity index (χ4v) is 2.62. The first-order valence-electron chi connectivity index (χ1n) is 5.29. The molecule has 3 nitrogen and oxygen atoms in total. The van der Waals surface area contributed by atoms with Gasteiger partial charge in [-0.2, -0.15) is 4.98 Å². The summed E-state index contributed by atoms with van der Waals surface area (Å²) < 4.78 is 0.860. The summed E-state index contributed by atoms with van der Waals surface area (Å²) in [4.78, 5) is 10.4. The predicted molar refractivity (Wildman–Crippen MR) is 71.9 cm³/mol. The summed E-state index contributed by atoms with van der Waals surface area (Å²) in [5, 5.41) is 0.271. The van der Waals surface area contributed by atoms with Gasteiger partial charge in [-0.05, 0) is 45.6 Å². The van der Waals surface area contributed by atoms with E-state index in [4.69, 9.17) is 11.6 Å². The third-order valence-electron chi connectivity index (χ3n) is 2.84. The number of rotatable bonds is 1. The lowest BCUT2D eigenvalue weighted by molar-refractivity contribution is 0.959. The molecule has 86 valence electrons. The predicted octanol–water partition coefficient (Wildman–Crippen LogP) is 3.59. The molecule has 1 aromatic heterocycles. The Morgan fingerprint density at radius 2 is 2.12 bits per heavy atom. The van der Waals surface area contributed by atoms with Crippen molar-refractivity contribution in [2.75, 3.05) is 11.4 Å². The second-order valence-electron chi connectivity index (χ2n) is 3.84. The van der Waals surface area contributed by atoms with Crippen LogP contribution in [0.4, 0.5) is 11.5 Å². The van der Waals surface area contributed by atoms with Crippen molar-refractivity contribution in [3.05, 3.63) is 45.8 Å². The number of hydrogen-bond donors (Lipinski definition) is 0. The number of hydrogen-bond acceptors (Lipinski definition) is 3. The van der Waals surface area contributed by atoms with Crippen LogP contribution in [-0.4, -0.2) is 16.5 Å². The molecule has 0 bridgehead atoms. The maximum Gasteiger partial charge on any atom is 0.224 e. The normalized spacial score (nSPS) is 13.9. The van der Waals surface area contributed by atoms with Crippen LogP contribution >= 0.6 is 27.5 Å². The number of nitrogens with zero attached hydrogens (tertiary/aromatic N) is 3. The highest BCUT2D eigenvalue weighted by atomic mass is 79.9. The monoisotopic (exact) mass is 309 g/mol. The maximum absolute atomic E-state index is 5.85. The van der Waals surface area contributed by atoms with Crippen molar-refractivity contribution in [2.24, 2.45) is 0 Å². The number of halogens is 2. The van der Waals surface area contributed by atoms with E-state index in [1.165, 1.54) is 11.3 Å². The molecule has 2 aromatic rings. The van der Waals surface area contributed by atoms with Gasteiger partial charge >= 0.3 is 0 Å². The molecule has 17 heavy (non-hydrogen) atoms. The average Bonchev–Trinajstić information content (AvgIpc) is 2.76. The first-order chi connectivity index (χ1) is 8.25. The van der Waals surface area contributed by atoms with E-state index in [1.54, 1.807) is 6.20 Å². The van der Waals surface area contributed by atoms with E-state index in [1.807, 2.05) is 6.07 Å². The van der Waals surface area contributed by atoms with Crippen LogP contribution < -0.4 is 4.90 Å². The standard InChI is InChI=1S/C12H9BrClN3/c13-9-7-15-12(14)16-11(9)17-6-5-8-3-1-2-4-10(8)17/h1-4,7H,5-6H2. The molecule has 0 atom stereocenters. The van der Waals surface area contributed by atoms with Crippen LogP contribution in [0.3, 0.4) is 0 Å². The zero-order valence-corrected chi connectivity index (χ0v) is 11.2. The molecule has 1 aliphatic heterocycles. The average molecular weight is 311 g/mol. The minimum Gasteiger partial charge on any atom is -0.325 e. The SMILES string of the molecule is Clc1ncc(Br)c(N2CCc3ccccc32)n1. The lowest BCUT2D eigenvalue weighted by atomic mass is 10.2. The van der Waals surface area contributed by atoms with Crippen molar-refractivity contribution >= 4 is 39.0 Å². The van der Waals surface area contributed by atoms with Gasteiger partial charge in [-0.3, -0.25) is 0 Å². The smallest absolute Gasteiger partial charge is 0.224 e. The third kappa shape index (κ3) is 1.91. The number of para-hydroxylation sites is 1.